The Balaban J connectivity index is 2.50. The molecule has 1 amide bonds. The van der Waals surface area contributed by atoms with Gasteiger partial charge in [0.25, 0.3) is 5.91 Å². The molecule has 1 atom stereocenters. The first-order chi connectivity index (χ1) is 7.65. The normalized spacial score (nSPS) is 12.2. The van der Waals surface area contributed by atoms with Crippen LogP contribution >= 0.6 is 23.2 Å². The van der Waals surface area contributed by atoms with Gasteiger partial charge in [-0.15, -0.1) is 11.6 Å². The highest BCUT2D eigenvalue weighted by atomic mass is 35.5. The van der Waals surface area contributed by atoms with Gasteiger partial charge in [-0.1, -0.05) is 37.1 Å². The number of alkyl halides is 1. The summed E-state index contributed by atoms with van der Waals surface area (Å²) in [6.07, 6.45) is 1.90. The van der Waals surface area contributed by atoms with Crippen molar-refractivity contribution in [2.24, 2.45) is 0 Å². The fourth-order valence-corrected chi connectivity index (χ4v) is 1.88. The van der Waals surface area contributed by atoms with E-state index in [-0.39, 0.29) is 11.3 Å². The maximum atomic E-state index is 11.7. The van der Waals surface area contributed by atoms with Gasteiger partial charge in [-0.05, 0) is 18.6 Å². The van der Waals surface area contributed by atoms with Crippen molar-refractivity contribution in [2.75, 3.05) is 6.54 Å². The molecule has 0 saturated carbocycles. The third-order valence-electron chi connectivity index (χ3n) is 2.20. The van der Waals surface area contributed by atoms with Crippen LogP contribution < -0.4 is 5.32 Å². The molecule has 0 bridgehead atoms. The molecule has 0 aliphatic rings. The number of hydrogen-bond donors (Lipinski definition) is 1. The number of benzene rings is 1. The quantitative estimate of drug-likeness (QED) is 0.807. The molecular formula is C12H15Cl2NO. The zero-order valence-corrected chi connectivity index (χ0v) is 10.7. The van der Waals surface area contributed by atoms with Crippen molar-refractivity contribution < 1.29 is 4.79 Å². The van der Waals surface area contributed by atoms with E-state index in [9.17, 15) is 4.79 Å². The van der Waals surface area contributed by atoms with E-state index in [1.807, 2.05) is 0 Å². The molecule has 16 heavy (non-hydrogen) atoms. The minimum atomic E-state index is -0.174. The highest BCUT2D eigenvalue weighted by molar-refractivity contribution is 6.33. The zero-order valence-electron chi connectivity index (χ0n) is 9.17. The molecule has 0 aliphatic carbocycles. The van der Waals surface area contributed by atoms with Crippen LogP contribution in [0.2, 0.25) is 5.02 Å². The summed E-state index contributed by atoms with van der Waals surface area (Å²) >= 11 is 11.9. The third kappa shape index (κ3) is 4.03. The second kappa shape index (κ2) is 6.77. The Bertz CT molecular complexity index is 355. The van der Waals surface area contributed by atoms with Crippen molar-refractivity contribution in [3.05, 3.63) is 34.9 Å². The highest BCUT2D eigenvalue weighted by Crippen LogP contribution is 2.14. The van der Waals surface area contributed by atoms with Crippen LogP contribution in [-0.2, 0) is 0 Å². The topological polar surface area (TPSA) is 29.1 Å². The third-order valence-corrected chi connectivity index (χ3v) is 2.91. The Morgan fingerprint density at radius 3 is 2.75 bits per heavy atom. The zero-order chi connectivity index (χ0) is 12.0. The van der Waals surface area contributed by atoms with E-state index in [2.05, 4.69) is 12.2 Å². The summed E-state index contributed by atoms with van der Waals surface area (Å²) in [6.45, 7) is 2.53. The van der Waals surface area contributed by atoms with Gasteiger partial charge in [0.15, 0.2) is 0 Å². The molecule has 0 heterocycles. The van der Waals surface area contributed by atoms with E-state index < -0.39 is 0 Å². The lowest BCUT2D eigenvalue weighted by Gasteiger charge is -2.10. The summed E-state index contributed by atoms with van der Waals surface area (Å²) in [4.78, 5) is 11.7. The van der Waals surface area contributed by atoms with Gasteiger partial charge in [-0.3, -0.25) is 4.79 Å². The molecule has 0 saturated heterocycles. The molecule has 0 radical (unpaired) electrons. The second-order valence-electron chi connectivity index (χ2n) is 3.58. The van der Waals surface area contributed by atoms with Gasteiger partial charge >= 0.3 is 0 Å². The van der Waals surface area contributed by atoms with E-state index in [4.69, 9.17) is 23.2 Å². The number of rotatable bonds is 5. The fraction of sp³-hybridized carbons (Fsp3) is 0.417. The van der Waals surface area contributed by atoms with Crippen LogP contribution in [0.3, 0.4) is 0 Å². The first kappa shape index (κ1) is 13.3. The average molecular weight is 260 g/mol. The average Bonchev–Trinajstić information content (AvgIpc) is 2.27. The standard InChI is InChI=1S/C12H15Cl2NO/c1-2-5-9(13)8-15-12(16)10-6-3-4-7-11(10)14/h3-4,6-7,9H,2,5,8H2,1H3,(H,15,16). The minimum Gasteiger partial charge on any atom is -0.351 e. The van der Waals surface area contributed by atoms with Gasteiger partial charge in [0, 0.05) is 6.54 Å². The van der Waals surface area contributed by atoms with Crippen LogP contribution in [0.25, 0.3) is 0 Å². The lowest BCUT2D eigenvalue weighted by Crippen LogP contribution is -2.29. The predicted molar refractivity (Wildman–Crippen MR) is 68.3 cm³/mol. The van der Waals surface area contributed by atoms with Crippen LogP contribution in [0.15, 0.2) is 24.3 Å². The van der Waals surface area contributed by atoms with E-state index in [1.54, 1.807) is 24.3 Å². The van der Waals surface area contributed by atoms with Crippen LogP contribution in [0.4, 0.5) is 0 Å². The molecule has 0 fully saturated rings. The van der Waals surface area contributed by atoms with Crippen molar-refractivity contribution in [1.29, 1.82) is 0 Å². The van der Waals surface area contributed by atoms with Gasteiger partial charge in [0.05, 0.1) is 16.0 Å². The molecule has 0 spiro atoms. The fourth-order valence-electron chi connectivity index (χ4n) is 1.36. The Kier molecular flexibility index (Phi) is 5.64. The number of nitrogens with one attached hydrogen (secondary N) is 1. The van der Waals surface area contributed by atoms with E-state index >= 15 is 0 Å². The summed E-state index contributed by atoms with van der Waals surface area (Å²) < 4.78 is 0. The van der Waals surface area contributed by atoms with Crippen molar-refractivity contribution in [3.8, 4) is 0 Å². The minimum absolute atomic E-state index is 0.0172. The van der Waals surface area contributed by atoms with Gasteiger partial charge in [0.2, 0.25) is 0 Å². The largest absolute Gasteiger partial charge is 0.351 e. The number of carbonyl (C=O) groups excluding carboxylic acids is 1. The first-order valence-corrected chi connectivity index (χ1v) is 6.13. The SMILES string of the molecule is CCCC(Cl)CNC(=O)c1ccccc1Cl. The molecule has 1 rings (SSSR count). The van der Waals surface area contributed by atoms with Gasteiger partial charge in [0.1, 0.15) is 0 Å². The smallest absolute Gasteiger partial charge is 0.252 e. The Morgan fingerprint density at radius 2 is 2.12 bits per heavy atom. The summed E-state index contributed by atoms with van der Waals surface area (Å²) in [5, 5.41) is 3.21. The molecule has 1 unspecified atom stereocenters. The van der Waals surface area contributed by atoms with Crippen LogP contribution in [0.1, 0.15) is 30.1 Å². The first-order valence-electron chi connectivity index (χ1n) is 5.32. The van der Waals surface area contributed by atoms with Crippen molar-refractivity contribution >= 4 is 29.1 Å². The summed E-state index contributed by atoms with van der Waals surface area (Å²) in [5.41, 5.74) is 0.490. The summed E-state index contributed by atoms with van der Waals surface area (Å²) in [5.74, 6) is -0.174. The second-order valence-corrected chi connectivity index (χ2v) is 4.60. The van der Waals surface area contributed by atoms with Gasteiger partial charge in [-0.25, -0.2) is 0 Å². The van der Waals surface area contributed by atoms with Gasteiger partial charge < -0.3 is 5.32 Å². The molecule has 4 heteroatoms. The molecular weight excluding hydrogens is 245 g/mol. The Morgan fingerprint density at radius 1 is 1.44 bits per heavy atom. The highest BCUT2D eigenvalue weighted by Gasteiger charge is 2.10. The monoisotopic (exact) mass is 259 g/mol. The van der Waals surface area contributed by atoms with Crippen LogP contribution in [0, 0.1) is 0 Å². The Hall–Kier alpha value is -0.730. The van der Waals surface area contributed by atoms with Crippen molar-refractivity contribution in [3.63, 3.8) is 0 Å². The maximum Gasteiger partial charge on any atom is 0.252 e. The van der Waals surface area contributed by atoms with E-state index in [1.165, 1.54) is 0 Å². The Labute approximate surface area is 106 Å². The lowest BCUT2D eigenvalue weighted by atomic mass is 10.2. The molecule has 1 aromatic rings. The maximum absolute atomic E-state index is 11.7. The van der Waals surface area contributed by atoms with Crippen molar-refractivity contribution in [2.45, 2.75) is 25.1 Å². The van der Waals surface area contributed by atoms with Crippen LogP contribution in [-0.4, -0.2) is 17.8 Å². The molecule has 88 valence electrons. The predicted octanol–water partition coefficient (Wildman–Crippen LogP) is 3.48. The van der Waals surface area contributed by atoms with E-state index in [0.717, 1.165) is 12.8 Å². The summed E-state index contributed by atoms with van der Waals surface area (Å²) in [6, 6.07) is 6.97. The molecule has 0 aliphatic heterocycles. The van der Waals surface area contributed by atoms with E-state index in [0.29, 0.717) is 17.1 Å². The molecule has 1 aromatic carbocycles. The number of halogens is 2. The number of carbonyl (C=O) groups is 1. The number of hydrogen-bond acceptors (Lipinski definition) is 1. The molecule has 0 aromatic heterocycles. The molecule has 2 nitrogen and oxygen atoms in total. The van der Waals surface area contributed by atoms with Crippen LogP contribution in [0.5, 0.6) is 0 Å². The number of amides is 1. The lowest BCUT2D eigenvalue weighted by molar-refractivity contribution is 0.0953. The van der Waals surface area contributed by atoms with Crippen molar-refractivity contribution in [1.82, 2.24) is 5.32 Å². The summed E-state index contributed by atoms with van der Waals surface area (Å²) in [7, 11) is 0. The molecule has 1 N–H and O–H groups in total. The van der Waals surface area contributed by atoms with Gasteiger partial charge in [-0.2, -0.15) is 0 Å².